The molecule has 1 amide bonds. The van der Waals surface area contributed by atoms with Gasteiger partial charge in [0.05, 0.1) is 6.20 Å². The first kappa shape index (κ1) is 11.3. The standard InChI is InChI=1S/C13H11ClN2O2/c1-7(17)16-11-4-3-10(14)8-2-5-12-9(13(8)11)6-15-18-12/h3-4,6H,2,5H2,1H3,(H,16,17). The predicted molar refractivity (Wildman–Crippen MR) is 68.7 cm³/mol. The highest BCUT2D eigenvalue weighted by Crippen LogP contribution is 2.41. The lowest BCUT2D eigenvalue weighted by Gasteiger charge is -2.19. The summed E-state index contributed by atoms with van der Waals surface area (Å²) in [5.41, 5.74) is 3.65. The molecule has 18 heavy (non-hydrogen) atoms. The van der Waals surface area contributed by atoms with Gasteiger partial charge in [-0.05, 0) is 24.1 Å². The highest BCUT2D eigenvalue weighted by molar-refractivity contribution is 6.32. The number of aromatic nitrogens is 1. The lowest BCUT2D eigenvalue weighted by atomic mass is 9.89. The first-order valence-electron chi connectivity index (χ1n) is 5.69. The maximum atomic E-state index is 11.3. The minimum atomic E-state index is -0.108. The van der Waals surface area contributed by atoms with Gasteiger partial charge in [0, 0.05) is 35.2 Å². The van der Waals surface area contributed by atoms with E-state index in [2.05, 4.69) is 10.5 Å². The molecular weight excluding hydrogens is 252 g/mol. The van der Waals surface area contributed by atoms with Gasteiger partial charge in [0.1, 0.15) is 5.76 Å². The molecule has 4 nitrogen and oxygen atoms in total. The molecule has 1 heterocycles. The van der Waals surface area contributed by atoms with Crippen molar-refractivity contribution in [3.8, 4) is 11.1 Å². The van der Waals surface area contributed by atoms with Crippen LogP contribution in [0.3, 0.4) is 0 Å². The van der Waals surface area contributed by atoms with Crippen LogP contribution in [-0.4, -0.2) is 11.1 Å². The van der Waals surface area contributed by atoms with Crippen LogP contribution < -0.4 is 5.32 Å². The van der Waals surface area contributed by atoms with Crippen LogP contribution in [0.5, 0.6) is 0 Å². The molecule has 3 rings (SSSR count). The van der Waals surface area contributed by atoms with Gasteiger partial charge in [0.2, 0.25) is 5.91 Å². The van der Waals surface area contributed by atoms with Crippen LogP contribution in [0.2, 0.25) is 5.02 Å². The number of nitrogens with one attached hydrogen (secondary N) is 1. The molecular formula is C13H11ClN2O2. The molecule has 0 saturated heterocycles. The van der Waals surface area contributed by atoms with Gasteiger partial charge in [0.15, 0.2) is 0 Å². The molecule has 0 bridgehead atoms. The lowest BCUT2D eigenvalue weighted by Crippen LogP contribution is -2.11. The Morgan fingerprint density at radius 3 is 3.06 bits per heavy atom. The summed E-state index contributed by atoms with van der Waals surface area (Å²) in [7, 11) is 0. The lowest BCUT2D eigenvalue weighted by molar-refractivity contribution is -0.114. The second-order valence-electron chi connectivity index (χ2n) is 4.29. The summed E-state index contributed by atoms with van der Waals surface area (Å²) in [6.45, 7) is 1.48. The Kier molecular flexibility index (Phi) is 2.59. The van der Waals surface area contributed by atoms with Crippen molar-refractivity contribution in [1.29, 1.82) is 0 Å². The van der Waals surface area contributed by atoms with Crippen LogP contribution in [0.1, 0.15) is 18.2 Å². The third kappa shape index (κ3) is 1.69. The van der Waals surface area contributed by atoms with Gasteiger partial charge in [0.25, 0.3) is 0 Å². The number of rotatable bonds is 1. The summed E-state index contributed by atoms with van der Waals surface area (Å²) >= 11 is 6.22. The smallest absolute Gasteiger partial charge is 0.221 e. The predicted octanol–water partition coefficient (Wildman–Crippen LogP) is 3.05. The first-order valence-corrected chi connectivity index (χ1v) is 6.07. The van der Waals surface area contributed by atoms with Crippen molar-refractivity contribution in [2.45, 2.75) is 19.8 Å². The summed E-state index contributed by atoms with van der Waals surface area (Å²) in [5.74, 6) is 0.736. The van der Waals surface area contributed by atoms with E-state index in [0.717, 1.165) is 41.0 Å². The van der Waals surface area contributed by atoms with Gasteiger partial charge < -0.3 is 9.84 Å². The average molecular weight is 263 g/mol. The van der Waals surface area contributed by atoms with E-state index in [1.165, 1.54) is 6.92 Å². The van der Waals surface area contributed by atoms with Crippen molar-refractivity contribution in [1.82, 2.24) is 5.16 Å². The molecule has 0 aliphatic heterocycles. The van der Waals surface area contributed by atoms with Crippen molar-refractivity contribution in [3.63, 3.8) is 0 Å². The van der Waals surface area contributed by atoms with Crippen LogP contribution in [0.25, 0.3) is 11.1 Å². The van der Waals surface area contributed by atoms with Crippen LogP contribution in [0, 0.1) is 0 Å². The Morgan fingerprint density at radius 2 is 2.28 bits per heavy atom. The zero-order chi connectivity index (χ0) is 12.7. The molecule has 5 heteroatoms. The largest absolute Gasteiger partial charge is 0.361 e. The normalized spacial score (nSPS) is 12.8. The van der Waals surface area contributed by atoms with Gasteiger partial charge in [-0.15, -0.1) is 0 Å². The molecule has 2 aromatic rings. The summed E-state index contributed by atoms with van der Waals surface area (Å²) in [4.78, 5) is 11.3. The minimum absolute atomic E-state index is 0.108. The number of halogens is 1. The zero-order valence-corrected chi connectivity index (χ0v) is 10.5. The number of hydrogen-bond acceptors (Lipinski definition) is 3. The van der Waals surface area contributed by atoms with Crippen LogP contribution in [0.15, 0.2) is 22.9 Å². The molecule has 0 unspecified atom stereocenters. The number of nitrogens with zero attached hydrogens (tertiary/aromatic N) is 1. The van der Waals surface area contributed by atoms with Gasteiger partial charge in [-0.2, -0.15) is 0 Å². The van der Waals surface area contributed by atoms with E-state index in [0.29, 0.717) is 5.02 Å². The maximum Gasteiger partial charge on any atom is 0.221 e. The third-order valence-corrected chi connectivity index (χ3v) is 3.44. The van der Waals surface area contributed by atoms with E-state index >= 15 is 0 Å². The van der Waals surface area contributed by atoms with E-state index < -0.39 is 0 Å². The van der Waals surface area contributed by atoms with Gasteiger partial charge >= 0.3 is 0 Å². The number of benzene rings is 1. The maximum absolute atomic E-state index is 11.3. The fourth-order valence-corrected chi connectivity index (χ4v) is 2.61. The quantitative estimate of drug-likeness (QED) is 0.859. The number of anilines is 1. The molecule has 1 N–H and O–H groups in total. The van der Waals surface area contributed by atoms with E-state index in [1.807, 2.05) is 12.1 Å². The highest BCUT2D eigenvalue weighted by Gasteiger charge is 2.24. The number of hydrogen-bond donors (Lipinski definition) is 1. The van der Waals surface area contributed by atoms with Crippen molar-refractivity contribution >= 4 is 23.2 Å². The topological polar surface area (TPSA) is 55.1 Å². The Morgan fingerprint density at radius 1 is 1.44 bits per heavy atom. The second kappa shape index (κ2) is 4.14. The van der Waals surface area contributed by atoms with Gasteiger partial charge in [-0.3, -0.25) is 4.79 Å². The molecule has 0 radical (unpaired) electrons. The third-order valence-electron chi connectivity index (χ3n) is 3.08. The first-order chi connectivity index (χ1) is 8.66. The molecule has 0 spiro atoms. The van der Waals surface area contributed by atoms with Crippen LogP contribution in [0.4, 0.5) is 5.69 Å². The fraction of sp³-hybridized carbons (Fsp3) is 0.231. The fourth-order valence-electron chi connectivity index (χ4n) is 2.35. The van der Waals surface area contributed by atoms with Crippen molar-refractivity contribution in [2.75, 3.05) is 5.32 Å². The van der Waals surface area contributed by atoms with Crippen LogP contribution >= 0.6 is 11.6 Å². The number of carbonyl (C=O) groups excluding carboxylic acids is 1. The number of carbonyl (C=O) groups is 1. The van der Waals surface area contributed by atoms with E-state index in [9.17, 15) is 4.79 Å². The Bertz CT molecular complexity index is 634. The molecule has 0 fully saturated rings. The SMILES string of the molecule is CC(=O)Nc1ccc(Cl)c2c1-c1cnoc1CC2. The summed E-state index contributed by atoms with van der Waals surface area (Å²) in [5, 5.41) is 7.36. The minimum Gasteiger partial charge on any atom is -0.361 e. The molecule has 0 saturated carbocycles. The molecule has 1 aromatic heterocycles. The zero-order valence-electron chi connectivity index (χ0n) is 9.79. The van der Waals surface area contributed by atoms with Crippen LogP contribution in [-0.2, 0) is 17.6 Å². The summed E-state index contributed by atoms with van der Waals surface area (Å²) in [6.07, 6.45) is 3.25. The van der Waals surface area contributed by atoms with E-state index in [-0.39, 0.29) is 5.91 Å². The Hall–Kier alpha value is -1.81. The summed E-state index contributed by atoms with van der Waals surface area (Å²) < 4.78 is 5.21. The van der Waals surface area contributed by atoms with Gasteiger partial charge in [-0.25, -0.2) is 0 Å². The molecule has 1 aliphatic carbocycles. The Balaban J connectivity index is 2.24. The second-order valence-corrected chi connectivity index (χ2v) is 4.70. The number of amides is 1. The van der Waals surface area contributed by atoms with Gasteiger partial charge in [-0.1, -0.05) is 16.8 Å². The van der Waals surface area contributed by atoms with Crippen molar-refractivity contribution < 1.29 is 9.32 Å². The Labute approximate surface area is 109 Å². The molecule has 0 atom stereocenters. The van der Waals surface area contributed by atoms with Crippen molar-refractivity contribution in [3.05, 3.63) is 34.7 Å². The monoisotopic (exact) mass is 262 g/mol. The molecule has 1 aliphatic rings. The molecule has 1 aromatic carbocycles. The number of fused-ring (bicyclic) bond motifs is 3. The summed E-state index contributed by atoms with van der Waals surface area (Å²) in [6, 6.07) is 3.62. The average Bonchev–Trinajstić information content (AvgIpc) is 2.80. The highest BCUT2D eigenvalue weighted by atomic mass is 35.5. The molecule has 92 valence electrons. The van der Waals surface area contributed by atoms with E-state index in [4.69, 9.17) is 16.1 Å². The number of aryl methyl sites for hydroxylation is 1. The van der Waals surface area contributed by atoms with Crippen molar-refractivity contribution in [2.24, 2.45) is 0 Å². The van der Waals surface area contributed by atoms with E-state index in [1.54, 1.807) is 6.20 Å².